The van der Waals surface area contributed by atoms with E-state index < -0.39 is 0 Å². The van der Waals surface area contributed by atoms with E-state index in [0.29, 0.717) is 0 Å². The lowest BCUT2D eigenvalue weighted by molar-refractivity contribution is 1.60. The van der Waals surface area contributed by atoms with E-state index >= 15 is 0 Å². The highest BCUT2D eigenvalue weighted by molar-refractivity contribution is 7.12. The highest BCUT2D eigenvalue weighted by atomic mass is 35.5. The Bertz CT molecular complexity index is 175. The van der Waals surface area contributed by atoms with Crippen molar-refractivity contribution in [2.75, 3.05) is 5.73 Å². The first-order chi connectivity index (χ1) is 3.70. The molecular weight excluding hydrogens is 154 g/mol. The molecule has 0 saturated heterocycles. The molecule has 9 heavy (non-hydrogen) atoms. The molecule has 0 aromatic carbocycles. The summed E-state index contributed by atoms with van der Waals surface area (Å²) >= 11 is 1.74. The number of hydrogen-bond acceptors (Lipinski definition) is 2. The molecule has 0 unspecified atom stereocenters. The molecule has 3 heteroatoms. The first-order valence-corrected chi connectivity index (χ1v) is 3.34. The number of nitrogens with two attached hydrogens (primary N) is 1. The minimum atomic E-state index is 0. The molecular formula is C6H10ClNS. The zero-order chi connectivity index (χ0) is 6.15. The Kier molecular flexibility index (Phi) is 3.01. The molecule has 0 aliphatic heterocycles. The standard InChI is InChI=1S/C6H9NS.ClH/c1-4-3-6(7)5(2)8-4;/h3H,7H2,1-2H3;1H. The zero-order valence-corrected chi connectivity index (χ0v) is 7.10. The number of aryl methyl sites for hydroxylation is 2. The van der Waals surface area contributed by atoms with E-state index in [1.807, 2.05) is 13.0 Å². The largest absolute Gasteiger partial charge is 0.398 e. The fourth-order valence-electron chi connectivity index (χ4n) is 0.650. The third kappa shape index (κ3) is 1.88. The van der Waals surface area contributed by atoms with Crippen molar-refractivity contribution in [3.05, 3.63) is 15.8 Å². The molecule has 2 N–H and O–H groups in total. The predicted molar refractivity (Wildman–Crippen MR) is 45.5 cm³/mol. The van der Waals surface area contributed by atoms with Crippen LogP contribution in [0.4, 0.5) is 5.69 Å². The van der Waals surface area contributed by atoms with Crippen molar-refractivity contribution in [2.45, 2.75) is 13.8 Å². The van der Waals surface area contributed by atoms with Gasteiger partial charge in [0.15, 0.2) is 0 Å². The second kappa shape index (κ2) is 3.08. The Balaban J connectivity index is 0.000000640. The molecule has 1 nitrogen and oxygen atoms in total. The highest BCUT2D eigenvalue weighted by Crippen LogP contribution is 2.21. The first kappa shape index (κ1) is 8.79. The van der Waals surface area contributed by atoms with Gasteiger partial charge in [-0.2, -0.15) is 0 Å². The van der Waals surface area contributed by atoms with Crippen LogP contribution < -0.4 is 5.73 Å². The fraction of sp³-hybridized carbons (Fsp3) is 0.333. The van der Waals surface area contributed by atoms with Crippen molar-refractivity contribution in [3.8, 4) is 0 Å². The van der Waals surface area contributed by atoms with Gasteiger partial charge in [0.25, 0.3) is 0 Å². The molecule has 0 aliphatic rings. The minimum absolute atomic E-state index is 0. The molecule has 0 bridgehead atoms. The average Bonchev–Trinajstić information content (AvgIpc) is 1.85. The second-order valence-electron chi connectivity index (χ2n) is 1.87. The van der Waals surface area contributed by atoms with E-state index in [0.717, 1.165) is 5.69 Å². The van der Waals surface area contributed by atoms with Crippen LogP contribution >= 0.6 is 23.7 Å². The zero-order valence-electron chi connectivity index (χ0n) is 5.47. The van der Waals surface area contributed by atoms with Crippen LogP contribution in [-0.4, -0.2) is 0 Å². The topological polar surface area (TPSA) is 26.0 Å². The quantitative estimate of drug-likeness (QED) is 0.625. The number of anilines is 1. The number of halogens is 1. The molecule has 0 atom stereocenters. The van der Waals surface area contributed by atoms with Crippen LogP contribution in [0.25, 0.3) is 0 Å². The van der Waals surface area contributed by atoms with Gasteiger partial charge < -0.3 is 5.73 Å². The van der Waals surface area contributed by atoms with Gasteiger partial charge in [-0.3, -0.25) is 0 Å². The Morgan fingerprint density at radius 2 is 2.00 bits per heavy atom. The van der Waals surface area contributed by atoms with E-state index in [-0.39, 0.29) is 12.4 Å². The van der Waals surface area contributed by atoms with E-state index in [9.17, 15) is 0 Å². The van der Waals surface area contributed by atoms with Gasteiger partial charge in [0.1, 0.15) is 0 Å². The summed E-state index contributed by atoms with van der Waals surface area (Å²) in [5.41, 5.74) is 6.47. The van der Waals surface area contributed by atoms with Crippen LogP contribution in [0.5, 0.6) is 0 Å². The molecule has 0 amide bonds. The van der Waals surface area contributed by atoms with Crippen LogP contribution in [0.3, 0.4) is 0 Å². The lowest BCUT2D eigenvalue weighted by Crippen LogP contribution is -1.80. The maximum absolute atomic E-state index is 5.55. The van der Waals surface area contributed by atoms with Gasteiger partial charge in [0.05, 0.1) is 0 Å². The van der Waals surface area contributed by atoms with Gasteiger partial charge in [0, 0.05) is 15.4 Å². The summed E-state index contributed by atoms with van der Waals surface area (Å²) in [6.45, 7) is 4.10. The maximum Gasteiger partial charge on any atom is 0.0455 e. The summed E-state index contributed by atoms with van der Waals surface area (Å²) in [4.78, 5) is 2.52. The molecule has 0 radical (unpaired) electrons. The summed E-state index contributed by atoms with van der Waals surface area (Å²) in [5.74, 6) is 0. The van der Waals surface area contributed by atoms with Gasteiger partial charge in [-0.25, -0.2) is 0 Å². The minimum Gasteiger partial charge on any atom is -0.398 e. The Labute approximate surface area is 65.3 Å². The molecule has 52 valence electrons. The van der Waals surface area contributed by atoms with Crippen molar-refractivity contribution in [3.63, 3.8) is 0 Å². The van der Waals surface area contributed by atoms with Crippen LogP contribution in [0.2, 0.25) is 0 Å². The van der Waals surface area contributed by atoms with E-state index in [4.69, 9.17) is 5.73 Å². The van der Waals surface area contributed by atoms with Crippen LogP contribution in [0, 0.1) is 13.8 Å². The SMILES string of the molecule is Cc1cc(N)c(C)s1.Cl. The summed E-state index contributed by atoms with van der Waals surface area (Å²) in [5, 5.41) is 0. The third-order valence-corrected chi connectivity index (χ3v) is 2.06. The number of hydrogen-bond donors (Lipinski definition) is 1. The van der Waals surface area contributed by atoms with Crippen LogP contribution in [0.15, 0.2) is 6.07 Å². The van der Waals surface area contributed by atoms with Crippen molar-refractivity contribution in [2.24, 2.45) is 0 Å². The second-order valence-corrected chi connectivity index (χ2v) is 3.33. The molecule has 0 aliphatic carbocycles. The lowest BCUT2D eigenvalue weighted by atomic mass is 10.4. The van der Waals surface area contributed by atoms with Crippen molar-refractivity contribution in [1.29, 1.82) is 0 Å². The summed E-state index contributed by atoms with van der Waals surface area (Å²) in [6.07, 6.45) is 0. The van der Waals surface area contributed by atoms with Gasteiger partial charge in [-0.05, 0) is 19.9 Å². The van der Waals surface area contributed by atoms with Crippen LogP contribution in [-0.2, 0) is 0 Å². The Hall–Kier alpha value is -0.210. The van der Waals surface area contributed by atoms with Crippen LogP contribution in [0.1, 0.15) is 9.75 Å². The predicted octanol–water partition coefficient (Wildman–Crippen LogP) is 2.37. The molecule has 0 fully saturated rings. The molecule has 1 aromatic heterocycles. The molecule has 0 saturated carbocycles. The van der Waals surface area contributed by atoms with Crippen molar-refractivity contribution < 1.29 is 0 Å². The van der Waals surface area contributed by atoms with Crippen molar-refractivity contribution in [1.82, 2.24) is 0 Å². The monoisotopic (exact) mass is 163 g/mol. The third-order valence-electron chi connectivity index (χ3n) is 1.08. The molecule has 1 rings (SSSR count). The summed E-state index contributed by atoms with van der Waals surface area (Å²) < 4.78 is 0. The fourth-order valence-corrected chi connectivity index (χ4v) is 1.50. The molecule has 1 heterocycles. The normalized spacial score (nSPS) is 8.67. The first-order valence-electron chi connectivity index (χ1n) is 2.52. The molecule has 0 spiro atoms. The summed E-state index contributed by atoms with van der Waals surface area (Å²) in [6, 6.07) is 2.00. The van der Waals surface area contributed by atoms with Gasteiger partial charge in [-0.1, -0.05) is 0 Å². The van der Waals surface area contributed by atoms with E-state index in [1.165, 1.54) is 9.75 Å². The van der Waals surface area contributed by atoms with E-state index in [2.05, 4.69) is 6.92 Å². The number of rotatable bonds is 0. The number of nitrogen functional groups attached to an aromatic ring is 1. The highest BCUT2D eigenvalue weighted by Gasteiger charge is 1.94. The van der Waals surface area contributed by atoms with Gasteiger partial charge >= 0.3 is 0 Å². The van der Waals surface area contributed by atoms with E-state index in [1.54, 1.807) is 11.3 Å². The van der Waals surface area contributed by atoms with Crippen molar-refractivity contribution >= 4 is 29.4 Å². The molecule has 1 aromatic rings. The van der Waals surface area contributed by atoms with Gasteiger partial charge in [0.2, 0.25) is 0 Å². The maximum atomic E-state index is 5.55. The smallest absolute Gasteiger partial charge is 0.0455 e. The Morgan fingerprint density at radius 3 is 2.11 bits per heavy atom. The lowest BCUT2D eigenvalue weighted by Gasteiger charge is -1.81. The average molecular weight is 164 g/mol. The Morgan fingerprint density at radius 1 is 1.44 bits per heavy atom. The number of thiophene rings is 1. The summed E-state index contributed by atoms with van der Waals surface area (Å²) in [7, 11) is 0. The van der Waals surface area contributed by atoms with Gasteiger partial charge in [-0.15, -0.1) is 23.7 Å².